The van der Waals surface area contributed by atoms with Crippen molar-refractivity contribution in [3.05, 3.63) is 6.20 Å². The van der Waals surface area contributed by atoms with Crippen LogP contribution in [0.2, 0.25) is 0 Å². The maximum absolute atomic E-state index is 10.4. The Kier molecular flexibility index (Phi) is 2.77. The van der Waals surface area contributed by atoms with Gasteiger partial charge in [0.15, 0.2) is 0 Å². The summed E-state index contributed by atoms with van der Waals surface area (Å²) in [6.07, 6.45) is 4.40. The van der Waals surface area contributed by atoms with Gasteiger partial charge >= 0.3 is 0 Å². The van der Waals surface area contributed by atoms with Crippen LogP contribution in [-0.2, 0) is 4.79 Å². The fourth-order valence-electron chi connectivity index (χ4n) is 1.23. The van der Waals surface area contributed by atoms with Crippen LogP contribution in [0, 0.1) is 11.3 Å². The lowest BCUT2D eigenvalue weighted by Gasteiger charge is -2.02. The molecule has 1 N–H and O–H groups in total. The zero-order valence-electron chi connectivity index (χ0n) is 8.88. The number of rotatable bonds is 5. The van der Waals surface area contributed by atoms with Crippen molar-refractivity contribution in [1.29, 1.82) is 5.26 Å². The fourth-order valence-corrected chi connectivity index (χ4v) is 1.23. The summed E-state index contributed by atoms with van der Waals surface area (Å²) < 4.78 is 7.00. The molecule has 0 aliphatic heterocycles. The van der Waals surface area contributed by atoms with Gasteiger partial charge in [0.25, 0.3) is 5.88 Å². The summed E-state index contributed by atoms with van der Waals surface area (Å²) in [6.45, 7) is 1.72. The van der Waals surface area contributed by atoms with Crippen LogP contribution in [-0.4, -0.2) is 22.3 Å². The Morgan fingerprint density at radius 2 is 2.56 bits per heavy atom. The molecule has 0 aromatic carbocycles. The van der Waals surface area contributed by atoms with E-state index >= 15 is 0 Å². The van der Waals surface area contributed by atoms with E-state index in [0.717, 1.165) is 12.8 Å². The van der Waals surface area contributed by atoms with Gasteiger partial charge in [-0.25, -0.2) is 4.68 Å². The summed E-state index contributed by atoms with van der Waals surface area (Å²) in [7, 11) is 0. The third-order valence-electron chi connectivity index (χ3n) is 2.30. The van der Waals surface area contributed by atoms with Crippen molar-refractivity contribution in [1.82, 2.24) is 9.78 Å². The number of hydrogen-bond acceptors (Lipinski definition) is 4. The summed E-state index contributed by atoms with van der Waals surface area (Å²) in [5.74, 6) is 0.386. The van der Waals surface area contributed by atoms with Crippen LogP contribution in [0.3, 0.4) is 0 Å². The first-order valence-electron chi connectivity index (χ1n) is 5.10. The lowest BCUT2D eigenvalue weighted by atomic mass is 10.4. The molecular weight excluding hydrogens is 208 g/mol. The van der Waals surface area contributed by atoms with Crippen LogP contribution in [0.15, 0.2) is 6.20 Å². The molecule has 0 spiro atoms. The number of aromatic nitrogens is 2. The van der Waals surface area contributed by atoms with E-state index in [0.29, 0.717) is 18.0 Å². The van der Waals surface area contributed by atoms with Gasteiger partial charge in [-0.2, -0.15) is 5.26 Å². The highest BCUT2D eigenvalue weighted by Crippen LogP contribution is 2.31. The van der Waals surface area contributed by atoms with Gasteiger partial charge in [-0.3, -0.25) is 4.79 Å². The van der Waals surface area contributed by atoms with E-state index in [2.05, 4.69) is 16.5 Å². The van der Waals surface area contributed by atoms with Crippen molar-refractivity contribution >= 4 is 12.1 Å². The second-order valence-corrected chi connectivity index (χ2v) is 3.71. The zero-order valence-corrected chi connectivity index (χ0v) is 8.88. The predicted molar refractivity (Wildman–Crippen MR) is 55.9 cm³/mol. The number of ether oxygens (including phenoxy) is 1. The van der Waals surface area contributed by atoms with Crippen molar-refractivity contribution in [2.24, 2.45) is 0 Å². The summed E-state index contributed by atoms with van der Waals surface area (Å²) in [6, 6.07) is 1.68. The standard InChI is InChI=1S/C10H12N4O2/c1-7(4-11)14-5-9(12-6-15)10(13-14)16-8-2-3-8/h5-8H,2-3H2,1H3,(H,12,15)/t7-/m0/s1. The molecule has 1 amide bonds. The molecule has 1 saturated carbocycles. The van der Waals surface area contributed by atoms with Crippen LogP contribution in [0.4, 0.5) is 5.69 Å². The molecule has 1 aliphatic carbocycles. The molecule has 0 saturated heterocycles. The number of carbonyl (C=O) groups excluding carboxylic acids is 1. The predicted octanol–water partition coefficient (Wildman–Crippen LogP) is 1.08. The van der Waals surface area contributed by atoms with Crippen LogP contribution in [0.5, 0.6) is 5.88 Å². The van der Waals surface area contributed by atoms with E-state index < -0.39 is 0 Å². The highest BCUT2D eigenvalue weighted by atomic mass is 16.5. The molecule has 1 fully saturated rings. The SMILES string of the molecule is C[C@@H](C#N)n1cc(NC=O)c(OC2CC2)n1. The number of hydrogen-bond donors (Lipinski definition) is 1. The number of nitrogens with one attached hydrogen (secondary N) is 1. The maximum atomic E-state index is 10.4. The first-order valence-corrected chi connectivity index (χ1v) is 5.10. The quantitative estimate of drug-likeness (QED) is 0.753. The monoisotopic (exact) mass is 220 g/mol. The van der Waals surface area contributed by atoms with E-state index in [1.54, 1.807) is 13.1 Å². The molecule has 1 aromatic heterocycles. The van der Waals surface area contributed by atoms with E-state index in [4.69, 9.17) is 10.00 Å². The van der Waals surface area contributed by atoms with E-state index in [-0.39, 0.29) is 12.1 Å². The van der Waals surface area contributed by atoms with E-state index in [1.807, 2.05) is 0 Å². The summed E-state index contributed by atoms with van der Waals surface area (Å²) in [5.41, 5.74) is 0.504. The van der Waals surface area contributed by atoms with Crippen LogP contribution in [0.1, 0.15) is 25.8 Å². The highest BCUT2D eigenvalue weighted by Gasteiger charge is 2.26. The number of carbonyl (C=O) groups is 1. The molecular formula is C10H12N4O2. The summed E-state index contributed by atoms with van der Waals surface area (Å²) in [5, 5.41) is 15.4. The molecule has 16 heavy (non-hydrogen) atoms. The average Bonchev–Trinajstić information content (AvgIpc) is 3.00. The Balaban J connectivity index is 2.21. The van der Waals surface area contributed by atoms with Crippen molar-refractivity contribution in [2.75, 3.05) is 5.32 Å². The second kappa shape index (κ2) is 4.23. The minimum absolute atomic E-state index is 0.202. The minimum atomic E-state index is -0.385. The topological polar surface area (TPSA) is 79.9 Å². The van der Waals surface area contributed by atoms with E-state index in [9.17, 15) is 4.79 Å². The number of amides is 1. The Morgan fingerprint density at radius 3 is 3.12 bits per heavy atom. The van der Waals surface area contributed by atoms with Crippen molar-refractivity contribution in [3.63, 3.8) is 0 Å². The Bertz CT molecular complexity index is 431. The van der Waals surface area contributed by atoms with Gasteiger partial charge in [0.2, 0.25) is 6.41 Å². The summed E-state index contributed by atoms with van der Waals surface area (Å²) in [4.78, 5) is 10.4. The second-order valence-electron chi connectivity index (χ2n) is 3.71. The fraction of sp³-hybridized carbons (Fsp3) is 0.500. The van der Waals surface area contributed by atoms with Gasteiger partial charge in [-0.15, -0.1) is 5.10 Å². The Hall–Kier alpha value is -2.03. The van der Waals surface area contributed by atoms with Gasteiger partial charge < -0.3 is 10.1 Å². The zero-order chi connectivity index (χ0) is 11.5. The van der Waals surface area contributed by atoms with Gasteiger partial charge in [-0.1, -0.05) is 0 Å². The molecule has 1 atom stereocenters. The average molecular weight is 220 g/mol. The van der Waals surface area contributed by atoms with Gasteiger partial charge in [0.05, 0.1) is 12.3 Å². The van der Waals surface area contributed by atoms with Gasteiger partial charge in [-0.05, 0) is 19.8 Å². The first-order chi connectivity index (χ1) is 7.74. The Morgan fingerprint density at radius 1 is 1.81 bits per heavy atom. The number of anilines is 1. The minimum Gasteiger partial charge on any atom is -0.472 e. The first kappa shape index (κ1) is 10.5. The number of nitriles is 1. The Labute approximate surface area is 92.8 Å². The molecule has 84 valence electrons. The third kappa shape index (κ3) is 2.14. The largest absolute Gasteiger partial charge is 0.472 e. The third-order valence-corrected chi connectivity index (χ3v) is 2.30. The smallest absolute Gasteiger partial charge is 0.257 e. The van der Waals surface area contributed by atoms with Crippen molar-refractivity contribution < 1.29 is 9.53 Å². The van der Waals surface area contributed by atoms with Gasteiger partial charge in [0.1, 0.15) is 17.8 Å². The van der Waals surface area contributed by atoms with Gasteiger partial charge in [0, 0.05) is 0 Å². The molecule has 1 heterocycles. The lowest BCUT2D eigenvalue weighted by Crippen LogP contribution is -2.04. The van der Waals surface area contributed by atoms with Crippen molar-refractivity contribution in [3.8, 4) is 11.9 Å². The highest BCUT2D eigenvalue weighted by molar-refractivity contribution is 5.73. The van der Waals surface area contributed by atoms with Crippen LogP contribution in [0.25, 0.3) is 0 Å². The molecule has 0 radical (unpaired) electrons. The van der Waals surface area contributed by atoms with Crippen molar-refractivity contribution in [2.45, 2.75) is 31.9 Å². The molecule has 1 aliphatic rings. The maximum Gasteiger partial charge on any atom is 0.257 e. The molecule has 0 unspecified atom stereocenters. The van der Waals surface area contributed by atoms with E-state index in [1.165, 1.54) is 4.68 Å². The number of nitrogens with zero attached hydrogens (tertiary/aromatic N) is 3. The molecule has 6 heteroatoms. The van der Waals surface area contributed by atoms with Crippen LogP contribution >= 0.6 is 0 Å². The molecule has 6 nitrogen and oxygen atoms in total. The van der Waals surface area contributed by atoms with Crippen LogP contribution < -0.4 is 10.1 Å². The normalized spacial score (nSPS) is 16.2. The lowest BCUT2D eigenvalue weighted by molar-refractivity contribution is -0.105. The summed E-state index contributed by atoms with van der Waals surface area (Å²) >= 11 is 0. The molecule has 2 rings (SSSR count). The molecule has 1 aromatic rings. The molecule has 0 bridgehead atoms.